The molecule has 0 unspecified atom stereocenters. The first-order valence-electron chi connectivity index (χ1n) is 9.52. The van der Waals surface area contributed by atoms with Crippen molar-refractivity contribution in [1.82, 2.24) is 14.8 Å². The highest BCUT2D eigenvalue weighted by Crippen LogP contribution is 2.21. The average molecular weight is 427 g/mol. The molecule has 1 amide bonds. The topological polar surface area (TPSA) is 69.0 Å². The van der Waals surface area contributed by atoms with Gasteiger partial charge in [-0.15, -0.1) is 16.8 Å². The Balaban J connectivity index is 1.62. The zero-order chi connectivity index (χ0) is 21.3. The summed E-state index contributed by atoms with van der Waals surface area (Å²) in [6.45, 7) is 6.32. The van der Waals surface area contributed by atoms with E-state index in [1.165, 1.54) is 17.8 Å². The van der Waals surface area contributed by atoms with Crippen molar-refractivity contribution in [1.29, 1.82) is 0 Å². The van der Waals surface area contributed by atoms with Crippen molar-refractivity contribution in [2.24, 2.45) is 0 Å². The first kappa shape index (κ1) is 21.6. The molecule has 0 radical (unpaired) electrons. The largest absolute Gasteiger partial charge is 0.483 e. The van der Waals surface area contributed by atoms with Gasteiger partial charge >= 0.3 is 0 Å². The molecule has 1 N–H and O–H groups in total. The van der Waals surface area contributed by atoms with E-state index in [1.807, 2.05) is 24.3 Å². The van der Waals surface area contributed by atoms with E-state index in [0.29, 0.717) is 17.5 Å². The van der Waals surface area contributed by atoms with E-state index in [9.17, 15) is 9.18 Å². The van der Waals surface area contributed by atoms with E-state index in [2.05, 4.69) is 29.0 Å². The lowest BCUT2D eigenvalue weighted by atomic mass is 10.1. The lowest BCUT2D eigenvalue weighted by molar-refractivity contribution is -0.113. The minimum Gasteiger partial charge on any atom is -0.483 e. The van der Waals surface area contributed by atoms with Gasteiger partial charge in [-0.2, -0.15) is 0 Å². The molecule has 0 aliphatic carbocycles. The standard InChI is InChI=1S/C22H23FN4O2S/c1-3-12-27-20(14-29-19-11-6-5-10-18(19)23)25-26-22(27)30-15-21(28)24-17-9-7-8-16(4-2)13-17/h3,5-11,13H,1,4,12,14-15H2,2H3,(H,24,28). The molecule has 0 fully saturated rings. The average Bonchev–Trinajstić information content (AvgIpc) is 3.13. The lowest BCUT2D eigenvalue weighted by Gasteiger charge is -2.10. The fourth-order valence-electron chi connectivity index (χ4n) is 2.75. The molecule has 0 bridgehead atoms. The van der Waals surface area contributed by atoms with Gasteiger partial charge in [0.05, 0.1) is 5.75 Å². The summed E-state index contributed by atoms with van der Waals surface area (Å²) in [4.78, 5) is 12.3. The molecule has 2 aromatic carbocycles. The van der Waals surface area contributed by atoms with E-state index < -0.39 is 5.82 Å². The summed E-state index contributed by atoms with van der Waals surface area (Å²) in [6, 6.07) is 13.9. The summed E-state index contributed by atoms with van der Waals surface area (Å²) < 4.78 is 21.1. The van der Waals surface area contributed by atoms with Crippen LogP contribution in [0.4, 0.5) is 10.1 Å². The van der Waals surface area contributed by atoms with Gasteiger partial charge in [-0.25, -0.2) is 4.39 Å². The second kappa shape index (κ2) is 10.6. The van der Waals surface area contributed by atoms with Crippen molar-refractivity contribution in [3.63, 3.8) is 0 Å². The monoisotopic (exact) mass is 426 g/mol. The maximum Gasteiger partial charge on any atom is 0.234 e. The molecule has 30 heavy (non-hydrogen) atoms. The molecule has 0 spiro atoms. The molecule has 0 aliphatic heterocycles. The summed E-state index contributed by atoms with van der Waals surface area (Å²) in [6.07, 6.45) is 2.61. The predicted octanol–water partition coefficient (Wildman–Crippen LogP) is 4.48. The summed E-state index contributed by atoms with van der Waals surface area (Å²) >= 11 is 1.27. The first-order valence-corrected chi connectivity index (χ1v) is 10.5. The number of thioether (sulfide) groups is 1. The Morgan fingerprint density at radius 2 is 2.10 bits per heavy atom. The van der Waals surface area contributed by atoms with Crippen molar-refractivity contribution >= 4 is 23.4 Å². The minimum absolute atomic E-state index is 0.0539. The maximum absolute atomic E-state index is 13.7. The van der Waals surface area contributed by atoms with Gasteiger partial charge in [0, 0.05) is 12.2 Å². The molecule has 1 heterocycles. The van der Waals surface area contributed by atoms with E-state index in [4.69, 9.17) is 4.74 Å². The Morgan fingerprint density at radius 3 is 2.87 bits per heavy atom. The number of carbonyl (C=O) groups excluding carboxylic acids is 1. The van der Waals surface area contributed by atoms with Crippen LogP contribution in [0.25, 0.3) is 0 Å². The highest BCUT2D eigenvalue weighted by Gasteiger charge is 2.15. The third-order valence-electron chi connectivity index (χ3n) is 4.25. The van der Waals surface area contributed by atoms with Crippen LogP contribution in [-0.4, -0.2) is 26.4 Å². The number of ether oxygens (including phenoxy) is 1. The van der Waals surface area contributed by atoms with Crippen molar-refractivity contribution < 1.29 is 13.9 Å². The second-order valence-electron chi connectivity index (χ2n) is 6.41. The predicted molar refractivity (Wildman–Crippen MR) is 116 cm³/mol. The zero-order valence-electron chi connectivity index (χ0n) is 16.7. The van der Waals surface area contributed by atoms with Gasteiger partial charge in [0.2, 0.25) is 5.91 Å². The Hall–Kier alpha value is -3.13. The van der Waals surface area contributed by atoms with Crippen LogP contribution in [0.15, 0.2) is 66.3 Å². The highest BCUT2D eigenvalue weighted by atomic mass is 32.2. The lowest BCUT2D eigenvalue weighted by Crippen LogP contribution is -2.15. The van der Waals surface area contributed by atoms with Gasteiger partial charge in [0.1, 0.15) is 6.61 Å². The number of halogens is 1. The Kier molecular flexibility index (Phi) is 7.62. The number of para-hydroxylation sites is 1. The number of amides is 1. The molecule has 0 saturated heterocycles. The van der Waals surface area contributed by atoms with Gasteiger partial charge in [-0.05, 0) is 36.2 Å². The molecule has 0 atom stereocenters. The molecular formula is C22H23FN4O2S. The number of hydrogen-bond donors (Lipinski definition) is 1. The van der Waals surface area contributed by atoms with Crippen LogP contribution in [0.3, 0.4) is 0 Å². The van der Waals surface area contributed by atoms with Gasteiger partial charge in [0.15, 0.2) is 22.5 Å². The molecule has 1 aromatic heterocycles. The first-order chi connectivity index (χ1) is 14.6. The molecule has 6 nitrogen and oxygen atoms in total. The van der Waals surface area contributed by atoms with Crippen LogP contribution in [0.2, 0.25) is 0 Å². The molecule has 156 valence electrons. The maximum atomic E-state index is 13.7. The SMILES string of the molecule is C=CCn1c(COc2ccccc2F)nnc1SCC(=O)Nc1cccc(CC)c1. The summed E-state index contributed by atoms with van der Waals surface area (Å²) in [5, 5.41) is 11.7. The Morgan fingerprint density at radius 1 is 1.27 bits per heavy atom. The third-order valence-corrected chi connectivity index (χ3v) is 5.22. The van der Waals surface area contributed by atoms with Gasteiger partial charge in [-0.3, -0.25) is 9.36 Å². The van der Waals surface area contributed by atoms with Gasteiger partial charge in [0.25, 0.3) is 0 Å². The molecule has 0 saturated carbocycles. The minimum atomic E-state index is -0.439. The van der Waals surface area contributed by atoms with Crippen molar-refractivity contribution in [3.8, 4) is 5.75 Å². The second-order valence-corrected chi connectivity index (χ2v) is 7.35. The van der Waals surface area contributed by atoms with E-state index in [-0.39, 0.29) is 24.0 Å². The van der Waals surface area contributed by atoms with Crippen LogP contribution in [0.1, 0.15) is 18.3 Å². The Labute approximate surface area is 179 Å². The molecule has 3 aromatic rings. The molecule has 0 aliphatic rings. The van der Waals surface area contributed by atoms with Gasteiger partial charge < -0.3 is 10.1 Å². The fraction of sp³-hybridized carbons (Fsp3) is 0.227. The number of carbonyl (C=O) groups is 1. The number of hydrogen-bond acceptors (Lipinski definition) is 5. The van der Waals surface area contributed by atoms with Crippen LogP contribution >= 0.6 is 11.8 Å². The number of nitrogens with one attached hydrogen (secondary N) is 1. The van der Waals surface area contributed by atoms with Crippen LogP contribution in [0, 0.1) is 5.82 Å². The van der Waals surface area contributed by atoms with E-state index in [0.717, 1.165) is 17.7 Å². The highest BCUT2D eigenvalue weighted by molar-refractivity contribution is 7.99. The van der Waals surface area contributed by atoms with Crippen LogP contribution < -0.4 is 10.1 Å². The molecule has 3 rings (SSSR count). The molecule has 8 heteroatoms. The number of rotatable bonds is 10. The van der Waals surface area contributed by atoms with E-state index in [1.54, 1.807) is 28.8 Å². The number of benzene rings is 2. The number of anilines is 1. The van der Waals surface area contributed by atoms with Gasteiger partial charge in [-0.1, -0.05) is 49.0 Å². The van der Waals surface area contributed by atoms with Crippen LogP contribution in [-0.2, 0) is 24.4 Å². The quantitative estimate of drug-likeness (QED) is 0.383. The van der Waals surface area contributed by atoms with Crippen molar-refractivity contribution in [3.05, 3.63) is 78.4 Å². The zero-order valence-corrected chi connectivity index (χ0v) is 17.5. The number of nitrogens with zero attached hydrogens (tertiary/aromatic N) is 3. The normalized spacial score (nSPS) is 10.6. The summed E-state index contributed by atoms with van der Waals surface area (Å²) in [7, 11) is 0. The number of aromatic nitrogens is 3. The smallest absolute Gasteiger partial charge is 0.234 e. The number of allylic oxidation sites excluding steroid dienone is 1. The fourth-order valence-corrected chi connectivity index (χ4v) is 3.51. The number of aryl methyl sites for hydroxylation is 1. The van der Waals surface area contributed by atoms with Crippen LogP contribution in [0.5, 0.6) is 5.75 Å². The summed E-state index contributed by atoms with van der Waals surface area (Å²) in [5.41, 5.74) is 1.93. The van der Waals surface area contributed by atoms with Crippen molar-refractivity contribution in [2.75, 3.05) is 11.1 Å². The third kappa shape index (κ3) is 5.70. The Bertz CT molecular complexity index is 1020. The van der Waals surface area contributed by atoms with Crippen molar-refractivity contribution in [2.45, 2.75) is 31.7 Å². The van der Waals surface area contributed by atoms with E-state index >= 15 is 0 Å². The summed E-state index contributed by atoms with van der Waals surface area (Å²) in [5.74, 6) is 0.279. The molecular weight excluding hydrogens is 403 g/mol.